The van der Waals surface area contributed by atoms with E-state index in [4.69, 9.17) is 9.47 Å². The van der Waals surface area contributed by atoms with Crippen LogP contribution in [-0.4, -0.2) is 42.5 Å². The first-order valence-electron chi connectivity index (χ1n) is 11.2. The molecule has 0 N–H and O–H groups in total. The van der Waals surface area contributed by atoms with Gasteiger partial charge in [-0.1, -0.05) is 19.1 Å². The fraction of sp³-hybridized carbons (Fsp3) is 0.520. The summed E-state index contributed by atoms with van der Waals surface area (Å²) in [4.78, 5) is 17.9. The van der Waals surface area contributed by atoms with E-state index in [0.29, 0.717) is 12.3 Å². The number of aryl methyl sites for hydroxylation is 1. The zero-order chi connectivity index (χ0) is 22.9. The normalized spacial score (nSPS) is 22.5. The van der Waals surface area contributed by atoms with Crippen LogP contribution < -0.4 is 14.4 Å². The zero-order valence-corrected chi connectivity index (χ0v) is 18.8. The van der Waals surface area contributed by atoms with Crippen LogP contribution in [0.15, 0.2) is 36.5 Å². The van der Waals surface area contributed by atoms with Crippen molar-refractivity contribution in [2.24, 2.45) is 5.92 Å². The Morgan fingerprint density at radius 2 is 2.03 bits per heavy atom. The Labute approximate surface area is 187 Å². The van der Waals surface area contributed by atoms with Gasteiger partial charge in [0, 0.05) is 31.9 Å². The number of ketones is 1. The van der Waals surface area contributed by atoms with Crippen molar-refractivity contribution in [1.82, 2.24) is 4.98 Å². The number of anilines is 1. The van der Waals surface area contributed by atoms with Gasteiger partial charge in [-0.05, 0) is 43.0 Å². The Kier molecular flexibility index (Phi) is 6.35. The molecule has 2 unspecified atom stereocenters. The number of Topliss-reactive ketones (excluding diaryl/α,β-unsaturated/α-hetero) is 1. The molecule has 0 amide bonds. The van der Waals surface area contributed by atoms with E-state index < -0.39 is 11.8 Å². The number of hydrogen-bond acceptors (Lipinski definition) is 5. The van der Waals surface area contributed by atoms with Gasteiger partial charge in [-0.25, -0.2) is 13.8 Å². The van der Waals surface area contributed by atoms with E-state index in [1.807, 2.05) is 37.3 Å². The van der Waals surface area contributed by atoms with E-state index in [0.717, 1.165) is 42.1 Å². The van der Waals surface area contributed by atoms with E-state index in [2.05, 4.69) is 16.8 Å². The topological polar surface area (TPSA) is 51.7 Å². The molecule has 2 aromatic rings. The van der Waals surface area contributed by atoms with Gasteiger partial charge < -0.3 is 19.2 Å². The SMILES string of the molecule is CC(=O)C[C@@H](C)c1ccc(OC2CCN(c3cnc(OCC4CC4(F)F)cc3C)C2)cc1. The lowest BCUT2D eigenvalue weighted by atomic mass is 9.96. The molecule has 0 radical (unpaired) electrons. The first kappa shape index (κ1) is 22.5. The van der Waals surface area contributed by atoms with E-state index in [9.17, 15) is 13.6 Å². The standard InChI is InChI=1S/C25H30F2N2O3/c1-16(10-18(3)30)19-4-6-21(7-5-19)32-22-8-9-29(14-22)23-13-28-24(11-17(23)2)31-15-20-12-25(20,26)27/h4-7,11,13,16,20,22H,8-10,12,14-15H2,1-3H3/t16-,20?,22?/m1/s1. The molecule has 1 aromatic heterocycles. The highest BCUT2D eigenvalue weighted by Gasteiger charge is 2.57. The van der Waals surface area contributed by atoms with Crippen molar-refractivity contribution in [2.75, 3.05) is 24.6 Å². The number of pyridine rings is 1. The third-order valence-electron chi connectivity index (χ3n) is 6.28. The predicted octanol–water partition coefficient (Wildman–Crippen LogP) is 5.16. The molecule has 2 aliphatic rings. The van der Waals surface area contributed by atoms with Crippen molar-refractivity contribution in [3.05, 3.63) is 47.7 Å². The van der Waals surface area contributed by atoms with Crippen molar-refractivity contribution >= 4 is 11.5 Å². The van der Waals surface area contributed by atoms with E-state index in [-0.39, 0.29) is 30.8 Å². The van der Waals surface area contributed by atoms with E-state index in [1.54, 1.807) is 13.1 Å². The molecule has 3 atom stereocenters. The smallest absolute Gasteiger partial charge is 0.255 e. The van der Waals surface area contributed by atoms with Crippen molar-refractivity contribution in [3.8, 4) is 11.6 Å². The zero-order valence-electron chi connectivity index (χ0n) is 18.8. The Morgan fingerprint density at radius 3 is 2.66 bits per heavy atom. The minimum Gasteiger partial charge on any atom is -0.489 e. The molecular formula is C25H30F2N2O3. The van der Waals surface area contributed by atoms with Crippen LogP contribution >= 0.6 is 0 Å². The Morgan fingerprint density at radius 1 is 1.31 bits per heavy atom. The van der Waals surface area contributed by atoms with Gasteiger partial charge in [-0.3, -0.25) is 0 Å². The number of halogens is 2. The summed E-state index contributed by atoms with van der Waals surface area (Å²) in [7, 11) is 0. The van der Waals surface area contributed by atoms with Crippen LogP contribution in [-0.2, 0) is 4.79 Å². The average Bonchev–Trinajstić information content (AvgIpc) is 3.11. The van der Waals surface area contributed by atoms with Gasteiger partial charge in [-0.15, -0.1) is 0 Å². The second kappa shape index (κ2) is 9.04. The van der Waals surface area contributed by atoms with Crippen molar-refractivity contribution in [1.29, 1.82) is 0 Å². The van der Waals surface area contributed by atoms with Gasteiger partial charge in [0.15, 0.2) is 0 Å². The number of rotatable bonds is 9. The number of ether oxygens (including phenoxy) is 2. The number of hydrogen-bond donors (Lipinski definition) is 0. The van der Waals surface area contributed by atoms with Crippen LogP contribution in [0.2, 0.25) is 0 Å². The van der Waals surface area contributed by atoms with Gasteiger partial charge in [0.25, 0.3) is 5.92 Å². The molecule has 1 aliphatic carbocycles. The van der Waals surface area contributed by atoms with Gasteiger partial charge in [0.2, 0.25) is 5.88 Å². The molecule has 7 heteroatoms. The van der Waals surface area contributed by atoms with Gasteiger partial charge in [0.05, 0.1) is 31.0 Å². The van der Waals surface area contributed by atoms with Crippen LogP contribution in [0, 0.1) is 12.8 Å². The van der Waals surface area contributed by atoms with Crippen LogP contribution in [0.3, 0.4) is 0 Å². The molecule has 1 saturated carbocycles. The largest absolute Gasteiger partial charge is 0.489 e. The molecule has 1 aromatic carbocycles. The number of nitrogens with zero attached hydrogens (tertiary/aromatic N) is 2. The quantitative estimate of drug-likeness (QED) is 0.535. The summed E-state index contributed by atoms with van der Waals surface area (Å²) < 4.78 is 37.6. The number of benzene rings is 1. The van der Waals surface area contributed by atoms with Crippen molar-refractivity contribution < 1.29 is 23.0 Å². The van der Waals surface area contributed by atoms with E-state index in [1.165, 1.54) is 0 Å². The third kappa shape index (κ3) is 5.37. The van der Waals surface area contributed by atoms with Crippen molar-refractivity contribution in [2.45, 2.75) is 58.0 Å². The fourth-order valence-corrected chi connectivity index (χ4v) is 4.23. The van der Waals surface area contributed by atoms with Crippen LogP contribution in [0.4, 0.5) is 14.5 Å². The third-order valence-corrected chi connectivity index (χ3v) is 6.28. The van der Waals surface area contributed by atoms with Crippen molar-refractivity contribution in [3.63, 3.8) is 0 Å². The minimum absolute atomic E-state index is 0.00470. The number of carbonyl (C=O) groups is 1. The molecular weight excluding hydrogens is 414 g/mol. The second-order valence-corrected chi connectivity index (χ2v) is 9.13. The van der Waals surface area contributed by atoms with Gasteiger partial charge >= 0.3 is 0 Å². The summed E-state index contributed by atoms with van der Waals surface area (Å²) in [6.07, 6.45) is 3.17. The molecule has 5 nitrogen and oxygen atoms in total. The Hall–Kier alpha value is -2.70. The van der Waals surface area contributed by atoms with Crippen LogP contribution in [0.5, 0.6) is 11.6 Å². The first-order valence-corrected chi connectivity index (χ1v) is 11.2. The Balaban J connectivity index is 1.30. The lowest BCUT2D eigenvalue weighted by Crippen LogP contribution is -2.25. The molecule has 0 spiro atoms. The Bertz CT molecular complexity index is 964. The maximum Gasteiger partial charge on any atom is 0.255 e. The highest BCUT2D eigenvalue weighted by Crippen LogP contribution is 2.48. The molecule has 2 fully saturated rings. The average molecular weight is 445 g/mol. The molecule has 32 heavy (non-hydrogen) atoms. The summed E-state index contributed by atoms with van der Waals surface area (Å²) >= 11 is 0. The number of alkyl halides is 2. The predicted molar refractivity (Wildman–Crippen MR) is 119 cm³/mol. The fourth-order valence-electron chi connectivity index (χ4n) is 4.23. The summed E-state index contributed by atoms with van der Waals surface area (Å²) in [5, 5.41) is 0. The molecule has 1 aliphatic heterocycles. The lowest BCUT2D eigenvalue weighted by molar-refractivity contribution is -0.117. The van der Waals surface area contributed by atoms with Gasteiger partial charge in [0.1, 0.15) is 17.6 Å². The minimum atomic E-state index is -2.58. The lowest BCUT2D eigenvalue weighted by Gasteiger charge is -2.21. The highest BCUT2D eigenvalue weighted by molar-refractivity contribution is 5.76. The number of carbonyl (C=O) groups excluding carboxylic acids is 1. The summed E-state index contributed by atoms with van der Waals surface area (Å²) in [6, 6.07) is 9.80. The first-order chi connectivity index (χ1) is 15.2. The summed E-state index contributed by atoms with van der Waals surface area (Å²) in [5.41, 5.74) is 3.14. The molecule has 4 rings (SSSR count). The second-order valence-electron chi connectivity index (χ2n) is 9.13. The highest BCUT2D eigenvalue weighted by atomic mass is 19.3. The van der Waals surface area contributed by atoms with Gasteiger partial charge in [-0.2, -0.15) is 0 Å². The summed E-state index contributed by atoms with van der Waals surface area (Å²) in [6.45, 7) is 7.26. The van der Waals surface area contributed by atoms with E-state index >= 15 is 0 Å². The monoisotopic (exact) mass is 444 g/mol. The number of aromatic nitrogens is 1. The van der Waals surface area contributed by atoms with Crippen LogP contribution in [0.1, 0.15) is 50.2 Å². The summed E-state index contributed by atoms with van der Waals surface area (Å²) in [5.74, 6) is -1.66. The molecule has 1 saturated heterocycles. The molecule has 172 valence electrons. The maximum absolute atomic E-state index is 13.0. The molecule has 2 heterocycles. The maximum atomic E-state index is 13.0. The van der Waals surface area contributed by atoms with Crippen LogP contribution in [0.25, 0.3) is 0 Å². The molecule has 0 bridgehead atoms.